The zero-order chi connectivity index (χ0) is 25.1. The summed E-state index contributed by atoms with van der Waals surface area (Å²) in [4.78, 5) is 39.5. The maximum Gasteiger partial charge on any atom is 0.272 e. The fraction of sp³-hybridized carbons (Fsp3) is 0.556. The van der Waals surface area contributed by atoms with E-state index in [4.69, 9.17) is 0 Å². The van der Waals surface area contributed by atoms with Crippen LogP contribution in [-0.2, 0) is 17.8 Å². The molecule has 36 heavy (non-hydrogen) atoms. The van der Waals surface area contributed by atoms with Gasteiger partial charge in [-0.2, -0.15) is 0 Å². The van der Waals surface area contributed by atoms with E-state index >= 15 is 0 Å². The van der Waals surface area contributed by atoms with E-state index in [0.717, 1.165) is 51.9 Å². The highest BCUT2D eigenvalue weighted by Crippen LogP contribution is 2.26. The van der Waals surface area contributed by atoms with Crippen LogP contribution in [-0.4, -0.2) is 92.5 Å². The number of carbonyl (C=O) groups is 2. The second-order valence-corrected chi connectivity index (χ2v) is 10.2. The third-order valence-corrected chi connectivity index (χ3v) is 7.93. The van der Waals surface area contributed by atoms with Gasteiger partial charge in [-0.05, 0) is 43.2 Å². The molecule has 0 saturated carbocycles. The van der Waals surface area contributed by atoms with Crippen molar-refractivity contribution in [2.45, 2.75) is 63.8 Å². The summed E-state index contributed by atoms with van der Waals surface area (Å²) in [7, 11) is 0. The number of nitrogens with one attached hydrogen (secondary N) is 1. The topological polar surface area (TPSA) is 102 Å². The first-order valence-electron chi connectivity index (χ1n) is 13.1. The number of nitrogens with zero attached hydrogens (tertiary/aromatic N) is 5. The maximum atomic E-state index is 13.3. The first kappa shape index (κ1) is 24.6. The number of hydrogen-bond acceptors (Lipinski definition) is 7. The van der Waals surface area contributed by atoms with Crippen molar-refractivity contribution in [2.75, 3.05) is 38.0 Å². The summed E-state index contributed by atoms with van der Waals surface area (Å²) in [6.07, 6.45) is 4.95. The number of fused-ring (bicyclic) bond motifs is 1. The standard InChI is InChI=1S/C27H36N6O3/c1-19(34)31-12-7-22(8-13-31)30-26-16-23(28-18-29-26)27(36)32-14-9-24(25(35)10-15-32)33-11-6-20-4-2-3-5-21(20)17-33/h2-5,16,18,22,24-25,35H,6-15,17H2,1H3,(H,28,29,30). The molecule has 2 saturated heterocycles. The normalized spacial score (nSPS) is 23.6. The molecule has 2 N–H and O–H groups in total. The van der Waals surface area contributed by atoms with Crippen molar-refractivity contribution in [1.82, 2.24) is 24.7 Å². The molecule has 9 heteroatoms. The molecule has 4 heterocycles. The van der Waals surface area contributed by atoms with E-state index < -0.39 is 6.10 Å². The summed E-state index contributed by atoms with van der Waals surface area (Å²) in [5.74, 6) is 0.622. The Balaban J connectivity index is 1.19. The average molecular weight is 493 g/mol. The largest absolute Gasteiger partial charge is 0.391 e. The minimum absolute atomic E-state index is 0.0413. The van der Waals surface area contributed by atoms with E-state index in [-0.39, 0.29) is 23.9 Å². The van der Waals surface area contributed by atoms with Gasteiger partial charge in [-0.15, -0.1) is 0 Å². The first-order valence-corrected chi connectivity index (χ1v) is 13.1. The van der Waals surface area contributed by atoms with E-state index in [1.54, 1.807) is 13.0 Å². The number of carbonyl (C=O) groups excluding carboxylic acids is 2. The van der Waals surface area contributed by atoms with Crippen molar-refractivity contribution in [3.05, 3.63) is 53.5 Å². The Morgan fingerprint density at radius 3 is 2.44 bits per heavy atom. The second-order valence-electron chi connectivity index (χ2n) is 10.2. The summed E-state index contributed by atoms with van der Waals surface area (Å²) in [6, 6.07) is 10.5. The van der Waals surface area contributed by atoms with Crippen LogP contribution in [0.4, 0.5) is 5.82 Å². The minimum atomic E-state index is -0.462. The van der Waals surface area contributed by atoms with Gasteiger partial charge in [-0.25, -0.2) is 9.97 Å². The monoisotopic (exact) mass is 492 g/mol. The van der Waals surface area contributed by atoms with Gasteiger partial charge in [-0.1, -0.05) is 24.3 Å². The molecule has 3 aliphatic rings. The zero-order valence-corrected chi connectivity index (χ0v) is 21.0. The number of hydrogen-bond donors (Lipinski definition) is 2. The second kappa shape index (κ2) is 10.9. The van der Waals surface area contributed by atoms with Gasteiger partial charge in [0, 0.05) is 64.3 Å². The van der Waals surface area contributed by atoms with Gasteiger partial charge in [-0.3, -0.25) is 14.5 Å². The molecule has 0 radical (unpaired) electrons. The predicted octanol–water partition coefficient (Wildman–Crippen LogP) is 1.92. The van der Waals surface area contributed by atoms with E-state index in [9.17, 15) is 14.7 Å². The molecule has 3 aliphatic heterocycles. The Hall–Kier alpha value is -3.04. The van der Waals surface area contributed by atoms with Gasteiger partial charge in [0.15, 0.2) is 0 Å². The molecular formula is C27H36N6O3. The molecule has 192 valence electrons. The number of aromatic nitrogens is 2. The van der Waals surface area contributed by atoms with Crippen molar-refractivity contribution in [1.29, 1.82) is 0 Å². The highest BCUT2D eigenvalue weighted by Gasteiger charge is 2.33. The zero-order valence-electron chi connectivity index (χ0n) is 21.0. The lowest BCUT2D eigenvalue weighted by molar-refractivity contribution is -0.129. The number of likely N-dealkylation sites (tertiary alicyclic amines) is 2. The lowest BCUT2D eigenvalue weighted by atomic mass is 9.96. The molecular weight excluding hydrogens is 456 g/mol. The molecule has 0 bridgehead atoms. The van der Waals surface area contributed by atoms with Gasteiger partial charge in [0.1, 0.15) is 17.8 Å². The van der Waals surface area contributed by atoms with Crippen molar-refractivity contribution < 1.29 is 14.7 Å². The van der Waals surface area contributed by atoms with E-state index in [1.165, 1.54) is 17.5 Å². The Morgan fingerprint density at radius 1 is 0.944 bits per heavy atom. The Bertz CT molecular complexity index is 1090. The van der Waals surface area contributed by atoms with E-state index in [1.807, 2.05) is 9.80 Å². The van der Waals surface area contributed by atoms with Crippen LogP contribution in [0.15, 0.2) is 36.7 Å². The lowest BCUT2D eigenvalue weighted by Gasteiger charge is -2.37. The Morgan fingerprint density at radius 2 is 1.67 bits per heavy atom. The van der Waals surface area contributed by atoms with Crippen molar-refractivity contribution >= 4 is 17.6 Å². The number of benzene rings is 1. The number of aliphatic hydroxyl groups is 1. The van der Waals surface area contributed by atoms with Crippen LogP contribution in [0.3, 0.4) is 0 Å². The smallest absolute Gasteiger partial charge is 0.272 e. The van der Waals surface area contributed by atoms with Gasteiger partial charge in [0.05, 0.1) is 6.10 Å². The van der Waals surface area contributed by atoms with Gasteiger partial charge in [0.2, 0.25) is 5.91 Å². The van der Waals surface area contributed by atoms with Crippen LogP contribution >= 0.6 is 0 Å². The molecule has 1 aromatic carbocycles. The summed E-state index contributed by atoms with van der Waals surface area (Å²) in [5, 5.41) is 14.4. The van der Waals surface area contributed by atoms with Gasteiger partial charge >= 0.3 is 0 Å². The maximum absolute atomic E-state index is 13.3. The fourth-order valence-corrected chi connectivity index (χ4v) is 5.77. The highest BCUT2D eigenvalue weighted by molar-refractivity contribution is 5.93. The van der Waals surface area contributed by atoms with Crippen LogP contribution in [0.1, 0.15) is 54.2 Å². The van der Waals surface area contributed by atoms with E-state index in [0.29, 0.717) is 31.0 Å². The number of amides is 2. The van der Waals surface area contributed by atoms with Crippen molar-refractivity contribution in [3.8, 4) is 0 Å². The number of anilines is 1. The summed E-state index contributed by atoms with van der Waals surface area (Å²) < 4.78 is 0. The Labute approximate surface area is 212 Å². The number of piperidine rings is 1. The quantitative estimate of drug-likeness (QED) is 0.672. The molecule has 2 aromatic rings. The highest BCUT2D eigenvalue weighted by atomic mass is 16.3. The molecule has 0 spiro atoms. The number of aliphatic hydroxyl groups excluding tert-OH is 1. The molecule has 2 fully saturated rings. The van der Waals surface area contributed by atoms with Crippen LogP contribution < -0.4 is 5.32 Å². The summed E-state index contributed by atoms with van der Waals surface area (Å²) in [5.41, 5.74) is 3.10. The van der Waals surface area contributed by atoms with Crippen LogP contribution in [0.2, 0.25) is 0 Å². The molecule has 0 aliphatic carbocycles. The minimum Gasteiger partial charge on any atom is -0.391 e. The SMILES string of the molecule is CC(=O)N1CCC(Nc2cc(C(=O)N3CCC(O)C(N4CCc5ccccc5C4)CC3)ncn2)CC1. The summed E-state index contributed by atoms with van der Waals surface area (Å²) >= 11 is 0. The van der Waals surface area contributed by atoms with Crippen LogP contribution in [0, 0.1) is 0 Å². The molecule has 2 unspecified atom stereocenters. The average Bonchev–Trinajstić information content (AvgIpc) is 3.10. The van der Waals surface area contributed by atoms with Crippen molar-refractivity contribution in [3.63, 3.8) is 0 Å². The third-order valence-electron chi connectivity index (χ3n) is 7.93. The van der Waals surface area contributed by atoms with Crippen LogP contribution in [0.5, 0.6) is 0 Å². The Kier molecular flexibility index (Phi) is 7.48. The van der Waals surface area contributed by atoms with Crippen molar-refractivity contribution in [2.24, 2.45) is 0 Å². The first-order chi connectivity index (χ1) is 17.5. The van der Waals surface area contributed by atoms with E-state index in [2.05, 4.69) is 44.5 Å². The van der Waals surface area contributed by atoms with Gasteiger partial charge < -0.3 is 20.2 Å². The summed E-state index contributed by atoms with van der Waals surface area (Å²) in [6.45, 7) is 5.93. The number of rotatable bonds is 4. The van der Waals surface area contributed by atoms with Gasteiger partial charge in [0.25, 0.3) is 5.91 Å². The molecule has 1 aromatic heterocycles. The molecule has 9 nitrogen and oxygen atoms in total. The molecule has 2 atom stereocenters. The molecule has 2 amide bonds. The van der Waals surface area contributed by atoms with Crippen LogP contribution in [0.25, 0.3) is 0 Å². The lowest BCUT2D eigenvalue weighted by Crippen LogP contribution is -2.46. The predicted molar refractivity (Wildman–Crippen MR) is 136 cm³/mol. The third kappa shape index (κ3) is 5.52. The molecule has 5 rings (SSSR count). The fourth-order valence-electron chi connectivity index (χ4n) is 5.77.